The molecule has 0 N–H and O–H groups in total. The lowest BCUT2D eigenvalue weighted by Gasteiger charge is -2.38. The maximum absolute atomic E-state index is 13.6. The number of benzene rings is 1. The maximum Gasteiger partial charge on any atom is 0.143 e. The van der Waals surface area contributed by atoms with E-state index in [1.165, 1.54) is 25.3 Å². The average molecular weight is 396 g/mol. The van der Waals surface area contributed by atoms with E-state index in [0.29, 0.717) is 17.1 Å². The van der Waals surface area contributed by atoms with Crippen LogP contribution in [0.2, 0.25) is 5.02 Å². The largest absolute Gasteiger partial charge is 0.368 e. The predicted octanol–water partition coefficient (Wildman–Crippen LogP) is 3.60. The number of likely N-dealkylation sites (tertiary alicyclic amines) is 1. The molecule has 1 aromatic rings. The van der Waals surface area contributed by atoms with Crippen LogP contribution < -0.4 is 4.90 Å². The van der Waals surface area contributed by atoms with Crippen molar-refractivity contribution in [3.05, 3.63) is 28.5 Å². The summed E-state index contributed by atoms with van der Waals surface area (Å²) in [6.45, 7) is 11.2. The number of anilines is 1. The molecule has 2 aliphatic rings. The summed E-state index contributed by atoms with van der Waals surface area (Å²) >= 11 is 6.26. The van der Waals surface area contributed by atoms with Crippen LogP contribution in [-0.4, -0.2) is 67.9 Å². The number of nitrogens with zero attached hydrogens (tertiary/aromatic N) is 3. The van der Waals surface area contributed by atoms with Gasteiger partial charge in [-0.1, -0.05) is 11.6 Å². The van der Waals surface area contributed by atoms with Crippen LogP contribution in [0, 0.1) is 18.7 Å². The van der Waals surface area contributed by atoms with Gasteiger partial charge in [0.05, 0.1) is 17.3 Å². The molecule has 1 aromatic carbocycles. The summed E-state index contributed by atoms with van der Waals surface area (Å²) in [4.78, 5) is 18.3. The van der Waals surface area contributed by atoms with Crippen molar-refractivity contribution < 1.29 is 9.18 Å². The molecule has 27 heavy (non-hydrogen) atoms. The van der Waals surface area contributed by atoms with Crippen LogP contribution >= 0.6 is 11.6 Å². The minimum absolute atomic E-state index is 0.239. The molecule has 0 aromatic heterocycles. The van der Waals surface area contributed by atoms with Crippen LogP contribution in [0.25, 0.3) is 0 Å². The monoisotopic (exact) mass is 395 g/mol. The van der Waals surface area contributed by atoms with Gasteiger partial charge in [-0.05, 0) is 76.4 Å². The third kappa shape index (κ3) is 5.66. The first kappa shape index (κ1) is 20.6. The zero-order chi connectivity index (χ0) is 19.4. The van der Waals surface area contributed by atoms with Gasteiger partial charge in [-0.2, -0.15) is 0 Å². The second-order valence-corrected chi connectivity index (χ2v) is 8.50. The Kier molecular flexibility index (Phi) is 7.12. The van der Waals surface area contributed by atoms with E-state index in [1.54, 1.807) is 13.8 Å². The van der Waals surface area contributed by atoms with Crippen molar-refractivity contribution in [2.75, 3.05) is 57.3 Å². The molecule has 6 heteroatoms. The summed E-state index contributed by atoms with van der Waals surface area (Å²) in [7, 11) is 0. The summed E-state index contributed by atoms with van der Waals surface area (Å²) in [5, 5.41) is 0.504. The molecule has 0 amide bonds. The molecule has 0 spiro atoms. The highest BCUT2D eigenvalue weighted by atomic mass is 35.5. The van der Waals surface area contributed by atoms with Gasteiger partial charge in [0.25, 0.3) is 0 Å². The van der Waals surface area contributed by atoms with E-state index in [4.69, 9.17) is 11.6 Å². The topological polar surface area (TPSA) is 26.8 Å². The second kappa shape index (κ2) is 9.35. The van der Waals surface area contributed by atoms with Gasteiger partial charge in [0.15, 0.2) is 0 Å². The van der Waals surface area contributed by atoms with Gasteiger partial charge in [0, 0.05) is 26.2 Å². The fraction of sp³-hybridized carbons (Fsp3) is 0.667. The van der Waals surface area contributed by atoms with Crippen molar-refractivity contribution in [1.82, 2.24) is 9.80 Å². The third-order valence-electron chi connectivity index (χ3n) is 5.95. The minimum atomic E-state index is -0.239. The second-order valence-electron chi connectivity index (χ2n) is 8.09. The average Bonchev–Trinajstić information content (AvgIpc) is 2.64. The van der Waals surface area contributed by atoms with E-state index in [9.17, 15) is 9.18 Å². The lowest BCUT2D eigenvalue weighted by molar-refractivity contribution is -0.118. The zero-order valence-electron chi connectivity index (χ0n) is 16.5. The predicted molar refractivity (Wildman–Crippen MR) is 109 cm³/mol. The van der Waals surface area contributed by atoms with Crippen molar-refractivity contribution in [2.45, 2.75) is 33.1 Å². The molecular weight excluding hydrogens is 365 g/mol. The highest BCUT2D eigenvalue weighted by Crippen LogP contribution is 2.29. The van der Waals surface area contributed by atoms with E-state index >= 15 is 0 Å². The Labute approximate surface area is 167 Å². The molecule has 2 fully saturated rings. The Hall–Kier alpha value is -1.17. The number of piperidine rings is 1. The first-order valence-corrected chi connectivity index (χ1v) is 10.4. The number of halogens is 2. The van der Waals surface area contributed by atoms with Crippen molar-refractivity contribution in [2.24, 2.45) is 5.92 Å². The summed E-state index contributed by atoms with van der Waals surface area (Å²) in [5.74, 6) is 0.805. The number of carbonyl (C=O) groups excluding carboxylic acids is 1. The normalized spacial score (nSPS) is 20.2. The molecular formula is C21H31ClFN3O. The fourth-order valence-electron chi connectivity index (χ4n) is 4.21. The smallest absolute Gasteiger partial charge is 0.143 e. The summed E-state index contributed by atoms with van der Waals surface area (Å²) in [6, 6.07) is 3.29. The molecule has 3 rings (SSSR count). The molecule has 4 nitrogen and oxygen atoms in total. The lowest BCUT2D eigenvalue weighted by atomic mass is 9.93. The quantitative estimate of drug-likeness (QED) is 0.735. The number of piperazine rings is 1. The summed E-state index contributed by atoms with van der Waals surface area (Å²) < 4.78 is 13.6. The number of carbonyl (C=O) groups is 1. The summed E-state index contributed by atoms with van der Waals surface area (Å²) in [6.07, 6.45) is 3.65. The molecule has 0 unspecified atom stereocenters. The Morgan fingerprint density at radius 2 is 1.78 bits per heavy atom. The van der Waals surface area contributed by atoms with Gasteiger partial charge in [-0.3, -0.25) is 14.6 Å². The van der Waals surface area contributed by atoms with Crippen molar-refractivity contribution in [3.63, 3.8) is 0 Å². The van der Waals surface area contributed by atoms with Crippen LogP contribution in [0.3, 0.4) is 0 Å². The fourth-order valence-corrected chi connectivity index (χ4v) is 4.48. The number of aryl methyl sites for hydroxylation is 1. The Bertz CT molecular complexity index is 653. The third-order valence-corrected chi connectivity index (χ3v) is 6.25. The van der Waals surface area contributed by atoms with E-state index in [2.05, 4.69) is 14.7 Å². The highest BCUT2D eigenvalue weighted by Gasteiger charge is 2.23. The number of rotatable bonds is 6. The molecule has 0 saturated carbocycles. The van der Waals surface area contributed by atoms with E-state index in [-0.39, 0.29) is 11.6 Å². The molecule has 0 bridgehead atoms. The van der Waals surface area contributed by atoms with Gasteiger partial charge in [0.2, 0.25) is 0 Å². The number of ketones is 1. The maximum atomic E-state index is 13.6. The highest BCUT2D eigenvalue weighted by molar-refractivity contribution is 6.33. The van der Waals surface area contributed by atoms with Crippen molar-refractivity contribution in [3.8, 4) is 0 Å². The molecule has 2 saturated heterocycles. The van der Waals surface area contributed by atoms with Crippen LogP contribution in [0.1, 0.15) is 31.7 Å². The molecule has 0 atom stereocenters. The van der Waals surface area contributed by atoms with Gasteiger partial charge in [-0.25, -0.2) is 4.39 Å². The lowest BCUT2D eigenvalue weighted by Crippen LogP contribution is -2.47. The summed E-state index contributed by atoms with van der Waals surface area (Å²) in [5.41, 5.74) is 1.60. The Balaban J connectivity index is 1.40. The first-order chi connectivity index (χ1) is 12.9. The van der Waals surface area contributed by atoms with Crippen molar-refractivity contribution >= 4 is 23.1 Å². The molecule has 2 heterocycles. The van der Waals surface area contributed by atoms with Crippen LogP contribution in [0.15, 0.2) is 12.1 Å². The number of hydrogen-bond acceptors (Lipinski definition) is 4. The van der Waals surface area contributed by atoms with Gasteiger partial charge in [-0.15, -0.1) is 0 Å². The first-order valence-electron chi connectivity index (χ1n) is 10.1. The SMILES string of the molecule is CC(=O)CN1CCC(CCN2CCN(c3cc(C)c(F)cc3Cl)CC2)CC1. The van der Waals surface area contributed by atoms with Gasteiger partial charge < -0.3 is 4.90 Å². The van der Waals surface area contributed by atoms with E-state index in [1.807, 2.05) is 6.07 Å². The van der Waals surface area contributed by atoms with Gasteiger partial charge >= 0.3 is 0 Å². The standard InChI is InChI=1S/C21H31ClFN3O/c1-16-13-21(19(22)14-20(16)23)26-11-9-24(10-12-26)6-3-18-4-7-25(8-5-18)15-17(2)27/h13-14,18H,3-12,15H2,1-2H3. The zero-order valence-corrected chi connectivity index (χ0v) is 17.3. The number of Topliss-reactive ketones (excluding diaryl/α,β-unsaturated/α-hetero) is 1. The van der Waals surface area contributed by atoms with Crippen LogP contribution in [0.4, 0.5) is 10.1 Å². The van der Waals surface area contributed by atoms with Crippen molar-refractivity contribution in [1.29, 1.82) is 0 Å². The molecule has 0 aliphatic carbocycles. The number of hydrogen-bond donors (Lipinski definition) is 0. The van der Waals surface area contributed by atoms with Crippen LogP contribution in [-0.2, 0) is 4.79 Å². The van der Waals surface area contributed by atoms with E-state index in [0.717, 1.165) is 57.4 Å². The van der Waals surface area contributed by atoms with E-state index < -0.39 is 0 Å². The van der Waals surface area contributed by atoms with Crippen LogP contribution in [0.5, 0.6) is 0 Å². The Morgan fingerprint density at radius 3 is 2.41 bits per heavy atom. The Morgan fingerprint density at radius 1 is 1.11 bits per heavy atom. The minimum Gasteiger partial charge on any atom is -0.368 e. The van der Waals surface area contributed by atoms with Gasteiger partial charge in [0.1, 0.15) is 11.6 Å². The molecule has 150 valence electrons. The molecule has 0 radical (unpaired) electrons. The molecule has 2 aliphatic heterocycles.